The third kappa shape index (κ3) is 1.61. The zero-order valence-electron chi connectivity index (χ0n) is 9.79. The van der Waals surface area contributed by atoms with Gasteiger partial charge in [-0.25, -0.2) is 4.98 Å². The fourth-order valence-electron chi connectivity index (χ4n) is 2.18. The first-order valence-corrected chi connectivity index (χ1v) is 6.67. The Balaban J connectivity index is 1.86. The number of fused-ring (bicyclic) bond motifs is 2. The number of imidazole rings is 1. The molecule has 1 N–H and O–H groups in total. The predicted molar refractivity (Wildman–Crippen MR) is 72.6 cm³/mol. The van der Waals surface area contributed by atoms with Gasteiger partial charge in [0.2, 0.25) is 0 Å². The molecule has 0 bridgehead atoms. The van der Waals surface area contributed by atoms with Gasteiger partial charge in [-0.2, -0.15) is 0 Å². The second kappa shape index (κ2) is 3.83. The lowest BCUT2D eigenvalue weighted by Gasteiger charge is -2.18. The SMILES string of the molecule is O=C1COc2ccc(-c3csc4nccn34)cc2N1. The Labute approximate surface area is 112 Å². The van der Waals surface area contributed by atoms with Crippen molar-refractivity contribution >= 4 is 27.9 Å². The van der Waals surface area contributed by atoms with Crippen LogP contribution in [0, 0.1) is 0 Å². The largest absolute Gasteiger partial charge is 0.482 e. The van der Waals surface area contributed by atoms with Gasteiger partial charge in [0.1, 0.15) is 5.75 Å². The van der Waals surface area contributed by atoms with Crippen LogP contribution in [0.1, 0.15) is 0 Å². The summed E-state index contributed by atoms with van der Waals surface area (Å²) in [6, 6.07) is 5.79. The molecule has 94 valence electrons. The second-order valence-corrected chi connectivity index (χ2v) is 5.09. The summed E-state index contributed by atoms with van der Waals surface area (Å²) in [6.07, 6.45) is 3.70. The first-order valence-electron chi connectivity index (χ1n) is 5.79. The highest BCUT2D eigenvalue weighted by Crippen LogP contribution is 2.34. The molecule has 0 atom stereocenters. The van der Waals surface area contributed by atoms with Crippen LogP contribution in [0.25, 0.3) is 16.2 Å². The van der Waals surface area contributed by atoms with Crippen LogP contribution in [-0.2, 0) is 4.79 Å². The lowest BCUT2D eigenvalue weighted by molar-refractivity contribution is -0.118. The highest BCUT2D eigenvalue weighted by Gasteiger charge is 2.17. The molecule has 1 aromatic carbocycles. The van der Waals surface area contributed by atoms with Gasteiger partial charge in [0.15, 0.2) is 11.6 Å². The van der Waals surface area contributed by atoms with Gasteiger partial charge in [-0.1, -0.05) is 0 Å². The number of thiazole rings is 1. The number of aromatic nitrogens is 2. The molecule has 2 aromatic heterocycles. The number of carbonyl (C=O) groups is 1. The van der Waals surface area contributed by atoms with Gasteiger partial charge in [0, 0.05) is 23.3 Å². The van der Waals surface area contributed by atoms with Crippen LogP contribution in [0.5, 0.6) is 5.75 Å². The van der Waals surface area contributed by atoms with Crippen LogP contribution in [0.2, 0.25) is 0 Å². The summed E-state index contributed by atoms with van der Waals surface area (Å²) in [5.74, 6) is 0.586. The fourth-order valence-corrected chi connectivity index (χ4v) is 3.04. The average molecular weight is 271 g/mol. The lowest BCUT2D eigenvalue weighted by Crippen LogP contribution is -2.25. The van der Waals surface area contributed by atoms with Crippen LogP contribution in [0.4, 0.5) is 5.69 Å². The van der Waals surface area contributed by atoms with Crippen molar-refractivity contribution < 1.29 is 9.53 Å². The zero-order valence-corrected chi connectivity index (χ0v) is 10.6. The molecule has 1 aliphatic heterocycles. The monoisotopic (exact) mass is 271 g/mol. The quantitative estimate of drug-likeness (QED) is 0.739. The minimum absolute atomic E-state index is 0.0799. The molecule has 3 aromatic rings. The summed E-state index contributed by atoms with van der Waals surface area (Å²) in [4.78, 5) is 16.5. The molecule has 0 fully saturated rings. The zero-order chi connectivity index (χ0) is 12.8. The maximum atomic E-state index is 11.3. The molecule has 0 radical (unpaired) electrons. The van der Waals surface area contributed by atoms with E-state index < -0.39 is 0 Å². The van der Waals surface area contributed by atoms with E-state index >= 15 is 0 Å². The Morgan fingerprint density at radius 3 is 3.32 bits per heavy atom. The van der Waals surface area contributed by atoms with Crippen molar-refractivity contribution in [3.05, 3.63) is 36.0 Å². The number of carbonyl (C=O) groups excluding carboxylic acids is 1. The molecule has 1 aliphatic rings. The Morgan fingerprint density at radius 2 is 2.37 bits per heavy atom. The van der Waals surface area contributed by atoms with Crippen LogP contribution >= 0.6 is 11.3 Å². The Morgan fingerprint density at radius 1 is 1.42 bits per heavy atom. The van der Waals surface area contributed by atoms with Crippen LogP contribution < -0.4 is 10.1 Å². The van der Waals surface area contributed by atoms with Crippen molar-refractivity contribution in [1.29, 1.82) is 0 Å². The molecule has 0 unspecified atom stereocenters. The van der Waals surface area contributed by atoms with Gasteiger partial charge in [-0.15, -0.1) is 11.3 Å². The van der Waals surface area contributed by atoms with Crippen LogP contribution in [-0.4, -0.2) is 21.9 Å². The van der Waals surface area contributed by atoms with Gasteiger partial charge in [0.25, 0.3) is 5.91 Å². The molecule has 5 nitrogen and oxygen atoms in total. The lowest BCUT2D eigenvalue weighted by atomic mass is 10.1. The number of anilines is 1. The molecule has 1 amide bonds. The maximum Gasteiger partial charge on any atom is 0.262 e. The van der Waals surface area contributed by atoms with E-state index in [-0.39, 0.29) is 12.5 Å². The van der Waals surface area contributed by atoms with E-state index in [0.717, 1.165) is 16.2 Å². The minimum atomic E-state index is -0.122. The van der Waals surface area contributed by atoms with E-state index in [1.54, 1.807) is 17.5 Å². The summed E-state index contributed by atoms with van der Waals surface area (Å²) in [7, 11) is 0. The summed E-state index contributed by atoms with van der Waals surface area (Å²) in [5.41, 5.74) is 2.79. The van der Waals surface area contributed by atoms with Crippen molar-refractivity contribution in [2.45, 2.75) is 0 Å². The second-order valence-electron chi connectivity index (χ2n) is 4.25. The number of nitrogens with zero attached hydrogens (tertiary/aromatic N) is 2. The normalized spacial score (nSPS) is 14.0. The third-order valence-electron chi connectivity index (χ3n) is 3.05. The van der Waals surface area contributed by atoms with E-state index in [9.17, 15) is 4.79 Å². The first kappa shape index (κ1) is 10.6. The van der Waals surface area contributed by atoms with Crippen molar-refractivity contribution in [1.82, 2.24) is 9.38 Å². The smallest absolute Gasteiger partial charge is 0.262 e. The van der Waals surface area contributed by atoms with Crippen molar-refractivity contribution in [3.8, 4) is 17.0 Å². The third-order valence-corrected chi connectivity index (χ3v) is 3.90. The molecule has 0 saturated heterocycles. The van der Waals surface area contributed by atoms with E-state index in [0.29, 0.717) is 11.4 Å². The highest BCUT2D eigenvalue weighted by atomic mass is 32.1. The summed E-state index contributed by atoms with van der Waals surface area (Å²) in [6.45, 7) is 0.0799. The Bertz CT molecular complexity index is 790. The number of benzene rings is 1. The van der Waals surface area contributed by atoms with Crippen LogP contribution in [0.15, 0.2) is 36.0 Å². The first-order chi connectivity index (χ1) is 9.31. The standard InChI is InChI=1S/C13H9N3O2S/c17-12-6-18-11-2-1-8(5-9(11)15-12)10-7-19-13-14-3-4-16(10)13/h1-5,7H,6H2,(H,15,17). The van der Waals surface area contributed by atoms with E-state index in [4.69, 9.17) is 4.74 Å². The van der Waals surface area contributed by atoms with E-state index in [1.807, 2.05) is 28.8 Å². The van der Waals surface area contributed by atoms with E-state index in [1.165, 1.54) is 0 Å². The van der Waals surface area contributed by atoms with E-state index in [2.05, 4.69) is 15.7 Å². The average Bonchev–Trinajstić information content (AvgIpc) is 3.00. The van der Waals surface area contributed by atoms with Gasteiger partial charge in [-0.05, 0) is 18.2 Å². The maximum absolute atomic E-state index is 11.3. The highest BCUT2D eigenvalue weighted by molar-refractivity contribution is 7.15. The van der Waals surface area contributed by atoms with Gasteiger partial charge < -0.3 is 10.1 Å². The number of nitrogens with one attached hydrogen (secondary N) is 1. The van der Waals surface area contributed by atoms with Gasteiger partial charge >= 0.3 is 0 Å². The Kier molecular flexibility index (Phi) is 2.13. The molecular formula is C13H9N3O2S. The Hall–Kier alpha value is -2.34. The molecule has 6 heteroatoms. The summed E-state index contributed by atoms with van der Waals surface area (Å²) < 4.78 is 7.38. The molecule has 0 spiro atoms. The molecule has 4 rings (SSSR count). The molecule has 0 aliphatic carbocycles. The summed E-state index contributed by atoms with van der Waals surface area (Å²) in [5, 5.41) is 4.87. The predicted octanol–water partition coefficient (Wildman–Crippen LogP) is 2.39. The molecule has 0 saturated carbocycles. The number of amides is 1. The molecule has 3 heterocycles. The minimum Gasteiger partial charge on any atom is -0.482 e. The number of hydrogen-bond donors (Lipinski definition) is 1. The van der Waals surface area contributed by atoms with Crippen LogP contribution in [0.3, 0.4) is 0 Å². The van der Waals surface area contributed by atoms with Gasteiger partial charge in [-0.3, -0.25) is 9.20 Å². The fraction of sp³-hybridized carbons (Fsp3) is 0.0769. The number of ether oxygens (including phenoxy) is 1. The van der Waals surface area contributed by atoms with Crippen molar-refractivity contribution in [2.75, 3.05) is 11.9 Å². The summed E-state index contributed by atoms with van der Waals surface area (Å²) >= 11 is 1.59. The number of rotatable bonds is 1. The topological polar surface area (TPSA) is 55.6 Å². The van der Waals surface area contributed by atoms with Gasteiger partial charge in [0.05, 0.1) is 11.4 Å². The molecular weight excluding hydrogens is 262 g/mol. The number of hydrogen-bond acceptors (Lipinski definition) is 4. The molecule has 19 heavy (non-hydrogen) atoms. The van der Waals surface area contributed by atoms with Crippen molar-refractivity contribution in [2.24, 2.45) is 0 Å². The van der Waals surface area contributed by atoms with Crippen molar-refractivity contribution in [3.63, 3.8) is 0 Å².